The maximum absolute atomic E-state index is 12.2. The molecule has 1 aliphatic heterocycles. The van der Waals surface area contributed by atoms with Gasteiger partial charge in [-0.1, -0.05) is 0 Å². The molecular formula is C26H36N6O4S. The van der Waals surface area contributed by atoms with Crippen molar-refractivity contribution in [3.63, 3.8) is 0 Å². The molecule has 200 valence electrons. The minimum Gasteiger partial charge on any atom is -0.489 e. The fourth-order valence-electron chi connectivity index (χ4n) is 6.94. The van der Waals surface area contributed by atoms with Crippen LogP contribution < -0.4 is 26.4 Å². The highest BCUT2D eigenvalue weighted by Gasteiger charge is 2.55. The predicted molar refractivity (Wildman–Crippen MR) is 146 cm³/mol. The second-order valence-electron chi connectivity index (χ2n) is 10.7. The number of benzene rings is 1. The SMILES string of the molecule is CO[C@H]1CNc2cc(Nc3ncc(C(N)=O)c(NC4C5CC6CC4CC(OC)(C6)C5)n3)ccc2OC1.S. The Balaban J connectivity index is 0.00000280. The van der Waals surface area contributed by atoms with Crippen molar-refractivity contribution in [2.45, 2.75) is 49.9 Å². The molecule has 1 amide bonds. The van der Waals surface area contributed by atoms with E-state index >= 15 is 0 Å². The van der Waals surface area contributed by atoms with Crippen molar-refractivity contribution >= 4 is 42.5 Å². The Morgan fingerprint density at radius 3 is 2.70 bits per heavy atom. The molecule has 2 aromatic rings. The number of fused-ring (bicyclic) bond motifs is 1. The number of nitrogens with two attached hydrogens (primary N) is 1. The molecule has 10 nitrogen and oxygen atoms in total. The second kappa shape index (κ2) is 10.2. The van der Waals surface area contributed by atoms with Crippen molar-refractivity contribution in [2.24, 2.45) is 23.5 Å². The van der Waals surface area contributed by atoms with Crippen LogP contribution in [0.2, 0.25) is 0 Å². The zero-order valence-corrected chi connectivity index (χ0v) is 22.3. The first-order valence-corrected chi connectivity index (χ1v) is 12.7. The van der Waals surface area contributed by atoms with Crippen molar-refractivity contribution in [3.8, 4) is 5.75 Å². The first kappa shape index (κ1) is 25.9. The average Bonchev–Trinajstić information content (AvgIpc) is 3.07. The van der Waals surface area contributed by atoms with Crippen LogP contribution in [-0.4, -0.2) is 61.0 Å². The van der Waals surface area contributed by atoms with E-state index in [1.54, 1.807) is 7.11 Å². The van der Waals surface area contributed by atoms with E-state index in [-0.39, 0.29) is 31.2 Å². The molecule has 1 aromatic carbocycles. The second-order valence-corrected chi connectivity index (χ2v) is 10.7. The molecule has 2 heterocycles. The number of rotatable bonds is 7. The summed E-state index contributed by atoms with van der Waals surface area (Å²) in [5.41, 5.74) is 7.68. The molecule has 37 heavy (non-hydrogen) atoms. The van der Waals surface area contributed by atoms with Gasteiger partial charge in [0.25, 0.3) is 5.91 Å². The molecule has 3 atom stereocenters. The summed E-state index contributed by atoms with van der Waals surface area (Å²) in [6, 6.07) is 6.01. The minimum atomic E-state index is -0.541. The van der Waals surface area contributed by atoms with Gasteiger partial charge in [0, 0.05) is 38.7 Å². The fraction of sp³-hybridized carbons (Fsp3) is 0.577. The number of nitrogens with one attached hydrogen (secondary N) is 3. The third-order valence-corrected chi connectivity index (χ3v) is 8.52. The molecule has 1 aromatic heterocycles. The summed E-state index contributed by atoms with van der Waals surface area (Å²) >= 11 is 0. The van der Waals surface area contributed by atoms with Crippen LogP contribution in [0.3, 0.4) is 0 Å². The van der Waals surface area contributed by atoms with Gasteiger partial charge in [-0.05, 0) is 68.1 Å². The molecule has 5 aliphatic rings. The molecule has 0 radical (unpaired) electrons. The van der Waals surface area contributed by atoms with Crippen LogP contribution in [0.15, 0.2) is 24.4 Å². The number of methoxy groups -OCH3 is 2. The topological polar surface area (TPSA) is 133 Å². The Kier molecular flexibility index (Phi) is 7.12. The summed E-state index contributed by atoms with van der Waals surface area (Å²) in [6.07, 6.45) is 7.13. The van der Waals surface area contributed by atoms with Gasteiger partial charge < -0.3 is 35.9 Å². The quantitative estimate of drug-likeness (QED) is 0.427. The van der Waals surface area contributed by atoms with Crippen LogP contribution in [0.5, 0.6) is 5.75 Å². The number of anilines is 4. The molecule has 4 saturated carbocycles. The Bertz CT molecular complexity index is 1150. The Labute approximate surface area is 223 Å². The van der Waals surface area contributed by atoms with Crippen LogP contribution in [0, 0.1) is 17.8 Å². The van der Waals surface area contributed by atoms with E-state index in [4.69, 9.17) is 24.9 Å². The lowest BCUT2D eigenvalue weighted by Crippen LogP contribution is -2.59. The predicted octanol–water partition coefficient (Wildman–Crippen LogP) is 3.26. The maximum atomic E-state index is 12.2. The lowest BCUT2D eigenvalue weighted by atomic mass is 9.52. The van der Waals surface area contributed by atoms with Gasteiger partial charge in [0.15, 0.2) is 0 Å². The van der Waals surface area contributed by atoms with Gasteiger partial charge in [0.05, 0.1) is 16.9 Å². The van der Waals surface area contributed by atoms with E-state index in [0.717, 1.165) is 35.9 Å². The lowest BCUT2D eigenvalue weighted by molar-refractivity contribution is -0.149. The van der Waals surface area contributed by atoms with E-state index in [0.29, 0.717) is 42.3 Å². The van der Waals surface area contributed by atoms with E-state index in [1.165, 1.54) is 25.5 Å². The van der Waals surface area contributed by atoms with Crippen molar-refractivity contribution in [1.82, 2.24) is 9.97 Å². The van der Waals surface area contributed by atoms with Crippen molar-refractivity contribution in [3.05, 3.63) is 30.0 Å². The number of primary amides is 1. The zero-order valence-electron chi connectivity index (χ0n) is 21.3. The molecule has 4 bridgehead atoms. The van der Waals surface area contributed by atoms with Gasteiger partial charge in [-0.2, -0.15) is 18.5 Å². The van der Waals surface area contributed by atoms with Crippen LogP contribution >= 0.6 is 13.5 Å². The van der Waals surface area contributed by atoms with Crippen LogP contribution in [0.1, 0.15) is 42.5 Å². The van der Waals surface area contributed by atoms with E-state index in [1.807, 2.05) is 25.3 Å². The highest BCUT2D eigenvalue weighted by molar-refractivity contribution is 7.59. The first-order valence-electron chi connectivity index (χ1n) is 12.7. The first-order chi connectivity index (χ1) is 17.4. The van der Waals surface area contributed by atoms with E-state index in [9.17, 15) is 4.79 Å². The number of amides is 1. The van der Waals surface area contributed by atoms with Crippen molar-refractivity contribution in [1.29, 1.82) is 0 Å². The number of nitrogens with zero attached hydrogens (tertiary/aromatic N) is 2. The summed E-state index contributed by atoms with van der Waals surface area (Å²) < 4.78 is 17.3. The Morgan fingerprint density at radius 1 is 1.22 bits per heavy atom. The standard InChI is InChI=1S/C26H34N6O4.H2S/c1-34-18-11-28-20-7-17(3-4-21(20)36-13-18)30-25-29-12-19(23(27)33)24(32-25)31-22-15-5-14-6-16(22)10-26(8-14,9-15)35-2;/h3-4,7,12,14-16,18,22,28H,5-6,8-11,13H2,1-2H3,(H2,27,33)(H2,29,30,31,32);1H2/t14?,15?,16?,18-,22?,26?;/m0./s1. The number of aromatic nitrogens is 2. The normalized spacial score (nSPS) is 31.2. The minimum absolute atomic E-state index is 0. The van der Waals surface area contributed by atoms with Crippen molar-refractivity contribution < 1.29 is 19.0 Å². The van der Waals surface area contributed by atoms with Gasteiger partial charge in [-0.25, -0.2) is 4.98 Å². The van der Waals surface area contributed by atoms with Crippen molar-refractivity contribution in [2.75, 3.05) is 43.3 Å². The molecule has 4 fully saturated rings. The monoisotopic (exact) mass is 528 g/mol. The van der Waals surface area contributed by atoms with Crippen LogP contribution in [0.4, 0.5) is 23.1 Å². The summed E-state index contributed by atoms with van der Waals surface area (Å²) in [6.45, 7) is 1.14. The largest absolute Gasteiger partial charge is 0.489 e. The molecule has 5 N–H and O–H groups in total. The Morgan fingerprint density at radius 2 is 2.00 bits per heavy atom. The molecule has 11 heteroatoms. The van der Waals surface area contributed by atoms with Gasteiger partial charge in [0.2, 0.25) is 5.95 Å². The van der Waals surface area contributed by atoms with Gasteiger partial charge in [-0.3, -0.25) is 4.79 Å². The summed E-state index contributed by atoms with van der Waals surface area (Å²) in [4.78, 5) is 21.3. The van der Waals surface area contributed by atoms with E-state index < -0.39 is 5.91 Å². The molecule has 7 rings (SSSR count). The molecule has 4 aliphatic carbocycles. The fourth-order valence-corrected chi connectivity index (χ4v) is 6.94. The number of carbonyl (C=O) groups is 1. The highest BCUT2D eigenvalue weighted by Crippen LogP contribution is 2.57. The third kappa shape index (κ3) is 4.92. The van der Waals surface area contributed by atoms with Crippen LogP contribution in [-0.2, 0) is 9.47 Å². The maximum Gasteiger partial charge on any atom is 0.254 e. The molecule has 0 saturated heterocycles. The zero-order chi connectivity index (χ0) is 24.9. The third-order valence-electron chi connectivity index (χ3n) is 8.52. The summed E-state index contributed by atoms with van der Waals surface area (Å²) in [7, 11) is 3.53. The molecular weight excluding hydrogens is 492 g/mol. The lowest BCUT2D eigenvalue weighted by Gasteiger charge is -2.59. The van der Waals surface area contributed by atoms with Gasteiger partial charge >= 0.3 is 0 Å². The molecule has 2 unspecified atom stereocenters. The number of carbonyl (C=O) groups excluding carboxylic acids is 1. The van der Waals surface area contributed by atoms with E-state index in [2.05, 4.69) is 20.9 Å². The molecule has 0 spiro atoms. The Hall–Kier alpha value is -2.76. The van der Waals surface area contributed by atoms with Gasteiger partial charge in [-0.15, -0.1) is 0 Å². The summed E-state index contributed by atoms with van der Waals surface area (Å²) in [5, 5.41) is 10.2. The summed E-state index contributed by atoms with van der Waals surface area (Å²) in [5.74, 6) is 2.82. The smallest absolute Gasteiger partial charge is 0.254 e. The van der Waals surface area contributed by atoms with Gasteiger partial charge in [0.1, 0.15) is 24.3 Å². The average molecular weight is 529 g/mol. The van der Waals surface area contributed by atoms with Crippen LogP contribution in [0.25, 0.3) is 0 Å². The number of ether oxygens (including phenoxy) is 3. The highest BCUT2D eigenvalue weighted by atomic mass is 32.1. The number of hydrogen-bond acceptors (Lipinski definition) is 9. The number of hydrogen-bond donors (Lipinski definition) is 4.